The van der Waals surface area contributed by atoms with Crippen LogP contribution in [0, 0.1) is 5.82 Å². The van der Waals surface area contributed by atoms with Crippen molar-refractivity contribution in [3.63, 3.8) is 0 Å². The summed E-state index contributed by atoms with van der Waals surface area (Å²) in [5.41, 5.74) is 5.14. The molecule has 0 fully saturated rings. The first-order valence-electron chi connectivity index (χ1n) is 10.2. The average molecular weight is 384 g/mol. The van der Waals surface area contributed by atoms with Crippen LogP contribution in [0.1, 0.15) is 49.3 Å². The number of benzene rings is 2. The highest BCUT2D eigenvalue weighted by molar-refractivity contribution is 6.10. The molecule has 0 saturated carbocycles. The van der Waals surface area contributed by atoms with Gasteiger partial charge in [0.15, 0.2) is 0 Å². The van der Waals surface area contributed by atoms with Crippen LogP contribution in [0.4, 0.5) is 4.39 Å². The number of nitrogens with zero attached hydrogens (tertiary/aromatic N) is 1. The molecule has 2 nitrogen and oxygen atoms in total. The second-order valence-corrected chi connectivity index (χ2v) is 7.37. The number of allylic oxidation sites excluding steroid dienone is 1. The summed E-state index contributed by atoms with van der Waals surface area (Å²) < 4.78 is 14.2. The lowest BCUT2D eigenvalue weighted by molar-refractivity contribution is 0.624. The van der Waals surface area contributed by atoms with Gasteiger partial charge in [-0.05, 0) is 53.8 Å². The molecule has 0 bridgehead atoms. The molecule has 0 aliphatic heterocycles. The van der Waals surface area contributed by atoms with Crippen molar-refractivity contribution in [2.45, 2.75) is 32.6 Å². The first-order chi connectivity index (χ1) is 14.2. The molecule has 2 heterocycles. The van der Waals surface area contributed by atoms with E-state index in [1.165, 1.54) is 25.3 Å². The fourth-order valence-corrected chi connectivity index (χ4v) is 3.75. The molecular weight excluding hydrogens is 359 g/mol. The van der Waals surface area contributed by atoms with Crippen molar-refractivity contribution >= 4 is 33.6 Å². The Labute approximate surface area is 170 Å². The molecule has 29 heavy (non-hydrogen) atoms. The molecule has 146 valence electrons. The molecule has 0 unspecified atom stereocenters. The van der Waals surface area contributed by atoms with Gasteiger partial charge in [-0.15, -0.1) is 0 Å². The number of fused-ring (bicyclic) bond motifs is 3. The van der Waals surface area contributed by atoms with Crippen LogP contribution >= 0.6 is 0 Å². The van der Waals surface area contributed by atoms with Crippen LogP contribution in [0.25, 0.3) is 33.6 Å². The lowest BCUT2D eigenvalue weighted by Gasteiger charge is -2.08. The van der Waals surface area contributed by atoms with Crippen LogP contribution in [0.2, 0.25) is 0 Å². The Kier molecular flexibility index (Phi) is 5.57. The standard InChI is InChI=1S/C26H25FN2/c1-3-4-5-6-7-10-19-15-16-28-26-25(19)22-17-20(13-14-24(22)29-26)18(2)21-11-8-9-12-23(21)27/h7-17H,2-6H2,1H3,(H,28,29). The van der Waals surface area contributed by atoms with E-state index in [1.54, 1.807) is 12.1 Å². The van der Waals surface area contributed by atoms with Crippen molar-refractivity contribution < 1.29 is 4.39 Å². The van der Waals surface area contributed by atoms with Crippen LogP contribution in [0.5, 0.6) is 0 Å². The highest BCUT2D eigenvalue weighted by Gasteiger charge is 2.12. The van der Waals surface area contributed by atoms with Crippen molar-refractivity contribution in [3.8, 4) is 0 Å². The average Bonchev–Trinajstić information content (AvgIpc) is 3.12. The second kappa shape index (κ2) is 8.44. The summed E-state index contributed by atoms with van der Waals surface area (Å²) in [6.45, 7) is 6.37. The molecule has 2 aromatic carbocycles. The lowest BCUT2D eigenvalue weighted by Crippen LogP contribution is -1.90. The predicted octanol–water partition coefficient (Wildman–Crippen LogP) is 7.51. The molecule has 4 aromatic rings. The molecule has 0 radical (unpaired) electrons. The zero-order valence-electron chi connectivity index (χ0n) is 16.7. The number of hydrogen-bond donors (Lipinski definition) is 1. The maximum Gasteiger partial charge on any atom is 0.138 e. The van der Waals surface area contributed by atoms with Crippen LogP contribution in [0.15, 0.2) is 67.4 Å². The number of unbranched alkanes of at least 4 members (excludes halogenated alkanes) is 3. The number of nitrogens with one attached hydrogen (secondary N) is 1. The summed E-state index contributed by atoms with van der Waals surface area (Å²) in [6, 6.07) is 14.9. The van der Waals surface area contributed by atoms with Gasteiger partial charge in [-0.1, -0.05) is 62.8 Å². The van der Waals surface area contributed by atoms with Crippen molar-refractivity contribution in [1.82, 2.24) is 9.97 Å². The van der Waals surface area contributed by atoms with E-state index in [0.29, 0.717) is 11.1 Å². The Morgan fingerprint density at radius 3 is 2.83 bits per heavy atom. The number of hydrogen-bond acceptors (Lipinski definition) is 1. The minimum Gasteiger partial charge on any atom is -0.339 e. The van der Waals surface area contributed by atoms with Gasteiger partial charge >= 0.3 is 0 Å². The summed E-state index contributed by atoms with van der Waals surface area (Å²) in [7, 11) is 0. The number of pyridine rings is 1. The largest absolute Gasteiger partial charge is 0.339 e. The van der Waals surface area contributed by atoms with Crippen molar-refractivity contribution in [1.29, 1.82) is 0 Å². The first-order valence-corrected chi connectivity index (χ1v) is 10.2. The third-order valence-corrected chi connectivity index (χ3v) is 5.34. The maximum atomic E-state index is 14.2. The third kappa shape index (κ3) is 3.86. The third-order valence-electron chi connectivity index (χ3n) is 5.34. The molecule has 0 aliphatic carbocycles. The maximum absolute atomic E-state index is 14.2. The summed E-state index contributed by atoms with van der Waals surface area (Å²) in [6.07, 6.45) is 11.0. The molecule has 0 spiro atoms. The van der Waals surface area contributed by atoms with Gasteiger partial charge in [0.05, 0.1) is 0 Å². The molecule has 3 heteroatoms. The van der Waals surface area contributed by atoms with Crippen molar-refractivity contribution in [2.75, 3.05) is 0 Å². The van der Waals surface area contributed by atoms with Crippen LogP contribution < -0.4 is 0 Å². The molecule has 0 amide bonds. The molecule has 4 rings (SSSR count). The van der Waals surface area contributed by atoms with E-state index in [0.717, 1.165) is 39.5 Å². The highest BCUT2D eigenvalue weighted by atomic mass is 19.1. The molecular formula is C26H25FN2. The number of H-pyrrole nitrogens is 1. The highest BCUT2D eigenvalue weighted by Crippen LogP contribution is 2.32. The fourth-order valence-electron chi connectivity index (χ4n) is 3.75. The number of aromatic amines is 1. The Bertz CT molecular complexity index is 1200. The van der Waals surface area contributed by atoms with Gasteiger partial charge < -0.3 is 4.98 Å². The summed E-state index contributed by atoms with van der Waals surface area (Å²) >= 11 is 0. The minimum atomic E-state index is -0.256. The summed E-state index contributed by atoms with van der Waals surface area (Å²) in [5.74, 6) is -0.256. The van der Waals surface area contributed by atoms with Gasteiger partial charge in [0.1, 0.15) is 11.5 Å². The van der Waals surface area contributed by atoms with Gasteiger partial charge in [0.2, 0.25) is 0 Å². The minimum absolute atomic E-state index is 0.256. The fraction of sp³-hybridized carbons (Fsp3) is 0.192. The Balaban J connectivity index is 1.76. The Hall–Kier alpha value is -3.20. The molecule has 0 atom stereocenters. The lowest BCUT2D eigenvalue weighted by atomic mass is 9.97. The van der Waals surface area contributed by atoms with Crippen LogP contribution in [0.3, 0.4) is 0 Å². The zero-order chi connectivity index (χ0) is 20.2. The van der Waals surface area contributed by atoms with E-state index < -0.39 is 0 Å². The van der Waals surface area contributed by atoms with E-state index in [-0.39, 0.29) is 5.82 Å². The van der Waals surface area contributed by atoms with E-state index in [1.807, 2.05) is 30.5 Å². The van der Waals surface area contributed by atoms with E-state index >= 15 is 0 Å². The van der Waals surface area contributed by atoms with E-state index in [2.05, 4.69) is 41.7 Å². The van der Waals surface area contributed by atoms with Gasteiger partial charge in [-0.2, -0.15) is 0 Å². The van der Waals surface area contributed by atoms with Crippen molar-refractivity contribution in [3.05, 3.63) is 89.9 Å². The van der Waals surface area contributed by atoms with Gasteiger partial charge in [-0.3, -0.25) is 0 Å². The van der Waals surface area contributed by atoms with Crippen molar-refractivity contribution in [2.24, 2.45) is 0 Å². The second-order valence-electron chi connectivity index (χ2n) is 7.37. The molecule has 0 aliphatic rings. The van der Waals surface area contributed by atoms with Gasteiger partial charge in [0, 0.05) is 28.0 Å². The Morgan fingerprint density at radius 2 is 2.00 bits per heavy atom. The van der Waals surface area contributed by atoms with E-state index in [9.17, 15) is 4.39 Å². The SMILES string of the molecule is C=C(c1ccc2[nH]c3nccc(C=CCCCCC)c3c2c1)c1ccccc1F. The smallest absolute Gasteiger partial charge is 0.138 e. The van der Waals surface area contributed by atoms with Gasteiger partial charge in [0.25, 0.3) is 0 Å². The monoisotopic (exact) mass is 384 g/mol. The number of aromatic nitrogens is 2. The normalized spacial score (nSPS) is 11.7. The number of rotatable bonds is 7. The zero-order valence-corrected chi connectivity index (χ0v) is 16.7. The topological polar surface area (TPSA) is 28.7 Å². The Morgan fingerprint density at radius 1 is 1.14 bits per heavy atom. The predicted molar refractivity (Wildman–Crippen MR) is 121 cm³/mol. The van der Waals surface area contributed by atoms with E-state index in [4.69, 9.17) is 0 Å². The summed E-state index contributed by atoms with van der Waals surface area (Å²) in [5, 5.41) is 2.17. The quantitative estimate of drug-likeness (QED) is 0.328. The number of halogens is 1. The molecule has 1 N–H and O–H groups in total. The molecule has 2 aromatic heterocycles. The first kappa shape index (κ1) is 19.1. The molecule has 0 saturated heterocycles. The summed E-state index contributed by atoms with van der Waals surface area (Å²) in [4.78, 5) is 7.91. The van der Waals surface area contributed by atoms with Crippen LogP contribution in [-0.4, -0.2) is 9.97 Å². The van der Waals surface area contributed by atoms with Gasteiger partial charge in [-0.25, -0.2) is 9.37 Å². The van der Waals surface area contributed by atoms with Crippen LogP contribution in [-0.2, 0) is 0 Å².